The van der Waals surface area contributed by atoms with Crippen LogP contribution in [0.5, 0.6) is 0 Å². The molecular formula is C18H28O4. The number of carbonyl (C=O) groups is 2. The Morgan fingerprint density at radius 3 is 2.50 bits per heavy atom. The van der Waals surface area contributed by atoms with Crippen LogP contribution in [0.25, 0.3) is 0 Å². The highest BCUT2D eigenvalue weighted by molar-refractivity contribution is 5.67. The van der Waals surface area contributed by atoms with Crippen LogP contribution in [-0.2, 0) is 19.1 Å². The molecule has 2 rings (SSSR count). The smallest absolute Gasteiger partial charge is 0.302 e. The fourth-order valence-electron chi connectivity index (χ4n) is 4.61. The Morgan fingerprint density at radius 1 is 1.23 bits per heavy atom. The van der Waals surface area contributed by atoms with E-state index in [0.717, 1.165) is 37.7 Å². The van der Waals surface area contributed by atoms with E-state index in [1.807, 2.05) is 0 Å². The van der Waals surface area contributed by atoms with Crippen molar-refractivity contribution in [3.63, 3.8) is 0 Å². The topological polar surface area (TPSA) is 52.6 Å². The van der Waals surface area contributed by atoms with Gasteiger partial charge < -0.3 is 9.47 Å². The van der Waals surface area contributed by atoms with E-state index in [1.165, 1.54) is 13.8 Å². The van der Waals surface area contributed by atoms with Crippen LogP contribution in [0.1, 0.15) is 59.8 Å². The molecular weight excluding hydrogens is 280 g/mol. The van der Waals surface area contributed by atoms with Gasteiger partial charge in [-0.15, -0.1) is 0 Å². The number of ether oxygens (including phenoxy) is 2. The number of fused-ring (bicyclic) bond motifs is 1. The third-order valence-corrected chi connectivity index (χ3v) is 5.64. The van der Waals surface area contributed by atoms with Gasteiger partial charge in [-0.25, -0.2) is 0 Å². The molecule has 4 heteroatoms. The Balaban J connectivity index is 2.44. The van der Waals surface area contributed by atoms with Crippen LogP contribution in [-0.4, -0.2) is 24.6 Å². The van der Waals surface area contributed by atoms with E-state index in [4.69, 9.17) is 9.47 Å². The van der Waals surface area contributed by atoms with E-state index in [2.05, 4.69) is 20.4 Å². The molecule has 0 aromatic rings. The fourth-order valence-corrected chi connectivity index (χ4v) is 4.61. The van der Waals surface area contributed by atoms with Crippen molar-refractivity contribution in [1.29, 1.82) is 0 Å². The Labute approximate surface area is 133 Å². The largest absolute Gasteiger partial charge is 0.465 e. The standard InChI is InChI=1S/C18H28O4/c1-12-7-6-8-15-17(4,5)10-9-16(22-14(3)20)18(12,15)11-21-13(2)19/h15-16H,1,6-11H2,2-5H3/t15-,16+,18-/m1/s1. The van der Waals surface area contributed by atoms with Gasteiger partial charge in [0.05, 0.1) is 5.41 Å². The van der Waals surface area contributed by atoms with Crippen molar-refractivity contribution in [3.05, 3.63) is 12.2 Å². The quantitative estimate of drug-likeness (QED) is 0.590. The van der Waals surface area contributed by atoms with E-state index in [-0.39, 0.29) is 30.1 Å². The lowest BCUT2D eigenvalue weighted by Gasteiger charge is -2.58. The second-order valence-corrected chi connectivity index (χ2v) is 7.49. The highest BCUT2D eigenvalue weighted by atomic mass is 16.6. The van der Waals surface area contributed by atoms with Crippen LogP contribution in [0.15, 0.2) is 12.2 Å². The minimum atomic E-state index is -0.433. The molecule has 4 nitrogen and oxygen atoms in total. The van der Waals surface area contributed by atoms with Gasteiger partial charge in [0.2, 0.25) is 0 Å². The van der Waals surface area contributed by atoms with Gasteiger partial charge in [-0.3, -0.25) is 9.59 Å². The first-order valence-corrected chi connectivity index (χ1v) is 8.19. The summed E-state index contributed by atoms with van der Waals surface area (Å²) in [6.07, 6.45) is 4.63. The van der Waals surface area contributed by atoms with Crippen molar-refractivity contribution >= 4 is 11.9 Å². The first kappa shape index (κ1) is 17.0. The average Bonchev–Trinajstić information content (AvgIpc) is 2.40. The maximum Gasteiger partial charge on any atom is 0.302 e. The van der Waals surface area contributed by atoms with Gasteiger partial charge in [-0.1, -0.05) is 26.0 Å². The normalized spacial score (nSPS) is 33.7. The van der Waals surface area contributed by atoms with E-state index in [1.54, 1.807) is 0 Å². The summed E-state index contributed by atoms with van der Waals surface area (Å²) in [6.45, 7) is 12.0. The Bertz CT molecular complexity index is 479. The van der Waals surface area contributed by atoms with Crippen LogP contribution < -0.4 is 0 Å². The zero-order chi connectivity index (χ0) is 16.5. The molecule has 2 saturated carbocycles. The molecule has 0 amide bonds. The summed E-state index contributed by atoms with van der Waals surface area (Å²) < 4.78 is 11.1. The van der Waals surface area contributed by atoms with E-state index < -0.39 is 5.41 Å². The van der Waals surface area contributed by atoms with E-state index >= 15 is 0 Å². The van der Waals surface area contributed by atoms with Gasteiger partial charge in [-0.05, 0) is 43.4 Å². The molecule has 2 aliphatic carbocycles. The molecule has 3 atom stereocenters. The minimum absolute atomic E-state index is 0.125. The molecule has 0 radical (unpaired) electrons. The number of carbonyl (C=O) groups excluding carboxylic acids is 2. The molecule has 0 bridgehead atoms. The highest BCUT2D eigenvalue weighted by Crippen LogP contribution is 2.60. The predicted octanol–water partition coefficient (Wildman–Crippen LogP) is 3.64. The van der Waals surface area contributed by atoms with Crippen LogP contribution >= 0.6 is 0 Å². The zero-order valence-electron chi connectivity index (χ0n) is 14.2. The minimum Gasteiger partial charge on any atom is -0.465 e. The Morgan fingerprint density at radius 2 is 1.91 bits per heavy atom. The van der Waals surface area contributed by atoms with Crippen molar-refractivity contribution in [2.75, 3.05) is 6.61 Å². The first-order chi connectivity index (χ1) is 10.2. The molecule has 0 heterocycles. The molecule has 22 heavy (non-hydrogen) atoms. The first-order valence-electron chi connectivity index (χ1n) is 8.19. The molecule has 2 fully saturated rings. The third kappa shape index (κ3) is 2.92. The van der Waals surface area contributed by atoms with Gasteiger partial charge in [-0.2, -0.15) is 0 Å². The van der Waals surface area contributed by atoms with E-state index in [0.29, 0.717) is 5.92 Å². The SMILES string of the molecule is C=C1CCC[C@@H]2C(C)(C)CC[C@H](OC(C)=O)[C@]12COC(C)=O. The second kappa shape index (κ2) is 6.05. The summed E-state index contributed by atoms with van der Waals surface area (Å²) >= 11 is 0. The maximum atomic E-state index is 11.6. The lowest BCUT2D eigenvalue weighted by atomic mass is 9.48. The summed E-state index contributed by atoms with van der Waals surface area (Å²) in [5.41, 5.74) is 0.765. The molecule has 0 aromatic carbocycles. The zero-order valence-corrected chi connectivity index (χ0v) is 14.2. The van der Waals surface area contributed by atoms with Crippen molar-refractivity contribution in [1.82, 2.24) is 0 Å². The lowest BCUT2D eigenvalue weighted by Crippen LogP contribution is -2.58. The molecule has 0 spiro atoms. The van der Waals surface area contributed by atoms with Crippen molar-refractivity contribution in [2.45, 2.75) is 65.9 Å². The molecule has 2 aliphatic rings. The van der Waals surface area contributed by atoms with Crippen molar-refractivity contribution in [3.8, 4) is 0 Å². The van der Waals surface area contributed by atoms with Gasteiger partial charge in [0.25, 0.3) is 0 Å². The second-order valence-electron chi connectivity index (χ2n) is 7.49. The predicted molar refractivity (Wildman–Crippen MR) is 84.1 cm³/mol. The molecule has 0 aromatic heterocycles. The summed E-state index contributed by atoms with van der Waals surface area (Å²) in [5.74, 6) is -0.251. The third-order valence-electron chi connectivity index (χ3n) is 5.64. The molecule has 0 aliphatic heterocycles. The summed E-state index contributed by atoms with van der Waals surface area (Å²) in [4.78, 5) is 23.0. The van der Waals surface area contributed by atoms with Crippen LogP contribution in [0, 0.1) is 16.7 Å². The number of rotatable bonds is 3. The molecule has 124 valence electrons. The summed E-state index contributed by atoms with van der Waals surface area (Å²) in [6, 6.07) is 0. The van der Waals surface area contributed by atoms with Crippen molar-refractivity contribution in [2.24, 2.45) is 16.7 Å². The number of esters is 2. The molecule has 0 saturated heterocycles. The van der Waals surface area contributed by atoms with Gasteiger partial charge in [0.15, 0.2) is 0 Å². The van der Waals surface area contributed by atoms with E-state index in [9.17, 15) is 9.59 Å². The summed E-state index contributed by atoms with van der Waals surface area (Å²) in [5, 5.41) is 0. The number of hydrogen-bond acceptors (Lipinski definition) is 4. The maximum absolute atomic E-state index is 11.6. The van der Waals surface area contributed by atoms with Gasteiger partial charge in [0.1, 0.15) is 12.7 Å². The fraction of sp³-hybridized carbons (Fsp3) is 0.778. The van der Waals surface area contributed by atoms with Crippen LogP contribution in [0.2, 0.25) is 0 Å². The Kier molecular flexibility index (Phi) is 4.69. The van der Waals surface area contributed by atoms with Crippen LogP contribution in [0.4, 0.5) is 0 Å². The lowest BCUT2D eigenvalue weighted by molar-refractivity contribution is -0.181. The number of hydrogen-bond donors (Lipinski definition) is 0. The molecule has 0 N–H and O–H groups in total. The van der Waals surface area contributed by atoms with Crippen LogP contribution in [0.3, 0.4) is 0 Å². The highest BCUT2D eigenvalue weighted by Gasteiger charge is 2.59. The molecule has 0 unspecified atom stereocenters. The monoisotopic (exact) mass is 308 g/mol. The Hall–Kier alpha value is -1.32. The van der Waals surface area contributed by atoms with Gasteiger partial charge >= 0.3 is 11.9 Å². The van der Waals surface area contributed by atoms with Gasteiger partial charge in [0, 0.05) is 13.8 Å². The summed E-state index contributed by atoms with van der Waals surface area (Å²) in [7, 11) is 0. The van der Waals surface area contributed by atoms with Crippen molar-refractivity contribution < 1.29 is 19.1 Å². The average molecular weight is 308 g/mol.